The molecule has 0 spiro atoms. The number of benzene rings is 1. The molecule has 1 aromatic heterocycles. The fourth-order valence-corrected chi connectivity index (χ4v) is 4.51. The molecule has 1 aromatic carbocycles. The van der Waals surface area contributed by atoms with Crippen LogP contribution < -0.4 is 0 Å². The van der Waals surface area contributed by atoms with E-state index in [0.29, 0.717) is 63.7 Å². The molecule has 9 heteroatoms. The maximum absolute atomic E-state index is 13.4. The first-order valence-corrected chi connectivity index (χ1v) is 10.8. The van der Waals surface area contributed by atoms with Gasteiger partial charge < -0.3 is 9.42 Å². The van der Waals surface area contributed by atoms with Crippen LogP contribution in [0.25, 0.3) is 11.4 Å². The molecule has 6 nitrogen and oxygen atoms in total. The average Bonchev–Trinajstić information content (AvgIpc) is 3.22. The van der Waals surface area contributed by atoms with Crippen molar-refractivity contribution in [2.24, 2.45) is 11.8 Å². The lowest BCUT2D eigenvalue weighted by Gasteiger charge is -2.39. The van der Waals surface area contributed by atoms with Gasteiger partial charge in [0.25, 0.3) is 0 Å². The Labute approximate surface area is 179 Å². The number of rotatable bonds is 4. The Kier molecular flexibility index (Phi) is 6.31. The smallest absolute Gasteiger partial charge is 0.340 e. The molecule has 0 N–H and O–H groups in total. The Balaban J connectivity index is 1.32. The second kappa shape index (κ2) is 8.98. The SMILES string of the molecule is Cc1ccc(-c2noc(CN3CCN(C(=O)C4CCCCC4C(F)(F)F)CC3)n2)cc1. The number of nitrogens with zero attached hydrogens (tertiary/aromatic N) is 4. The molecule has 2 aliphatic rings. The van der Waals surface area contributed by atoms with Gasteiger partial charge in [0.05, 0.1) is 12.5 Å². The Hall–Kier alpha value is -2.42. The van der Waals surface area contributed by atoms with E-state index in [1.54, 1.807) is 4.90 Å². The molecule has 4 rings (SSSR count). The summed E-state index contributed by atoms with van der Waals surface area (Å²) in [7, 11) is 0. The maximum Gasteiger partial charge on any atom is 0.392 e. The highest BCUT2D eigenvalue weighted by atomic mass is 19.4. The van der Waals surface area contributed by atoms with Crippen molar-refractivity contribution in [3.63, 3.8) is 0 Å². The van der Waals surface area contributed by atoms with Gasteiger partial charge in [0.2, 0.25) is 17.6 Å². The van der Waals surface area contributed by atoms with Crippen molar-refractivity contribution >= 4 is 5.91 Å². The predicted molar refractivity (Wildman–Crippen MR) is 108 cm³/mol. The van der Waals surface area contributed by atoms with E-state index in [0.717, 1.165) is 11.1 Å². The fraction of sp³-hybridized carbons (Fsp3) is 0.591. The van der Waals surface area contributed by atoms with Crippen LogP contribution in [0, 0.1) is 18.8 Å². The van der Waals surface area contributed by atoms with Crippen molar-refractivity contribution in [3.8, 4) is 11.4 Å². The Bertz CT molecular complexity index is 889. The van der Waals surface area contributed by atoms with Crippen LogP contribution in [0.5, 0.6) is 0 Å². The van der Waals surface area contributed by atoms with Crippen molar-refractivity contribution in [3.05, 3.63) is 35.7 Å². The molecular weight excluding hydrogens is 409 g/mol. The summed E-state index contributed by atoms with van der Waals surface area (Å²) in [5, 5.41) is 4.03. The van der Waals surface area contributed by atoms with Gasteiger partial charge in [-0.2, -0.15) is 18.2 Å². The molecule has 1 amide bonds. The lowest BCUT2D eigenvalue weighted by Crippen LogP contribution is -2.52. The highest BCUT2D eigenvalue weighted by Gasteiger charge is 2.49. The first-order valence-electron chi connectivity index (χ1n) is 10.8. The molecule has 168 valence electrons. The fourth-order valence-electron chi connectivity index (χ4n) is 4.51. The number of alkyl halides is 3. The third-order valence-corrected chi connectivity index (χ3v) is 6.32. The second-order valence-electron chi connectivity index (χ2n) is 8.52. The van der Waals surface area contributed by atoms with Gasteiger partial charge >= 0.3 is 6.18 Å². The quantitative estimate of drug-likeness (QED) is 0.724. The zero-order valence-electron chi connectivity index (χ0n) is 17.6. The molecule has 31 heavy (non-hydrogen) atoms. The molecule has 0 radical (unpaired) electrons. The van der Waals surface area contributed by atoms with Crippen molar-refractivity contribution in [2.75, 3.05) is 26.2 Å². The van der Waals surface area contributed by atoms with Gasteiger partial charge in [-0.15, -0.1) is 0 Å². The predicted octanol–water partition coefficient (Wildman–Crippen LogP) is 4.06. The summed E-state index contributed by atoms with van der Waals surface area (Å²) in [4.78, 5) is 20.9. The molecule has 2 heterocycles. The second-order valence-corrected chi connectivity index (χ2v) is 8.52. The molecule has 2 aromatic rings. The Morgan fingerprint density at radius 1 is 1.10 bits per heavy atom. The van der Waals surface area contributed by atoms with Crippen molar-refractivity contribution < 1.29 is 22.5 Å². The number of aryl methyl sites for hydroxylation is 1. The van der Waals surface area contributed by atoms with Crippen molar-refractivity contribution in [1.82, 2.24) is 19.9 Å². The van der Waals surface area contributed by atoms with Crippen LogP contribution in [0.15, 0.2) is 28.8 Å². The van der Waals surface area contributed by atoms with Crippen LogP contribution >= 0.6 is 0 Å². The van der Waals surface area contributed by atoms with Gasteiger partial charge in [0.15, 0.2) is 0 Å². The van der Waals surface area contributed by atoms with Crippen molar-refractivity contribution in [1.29, 1.82) is 0 Å². The summed E-state index contributed by atoms with van der Waals surface area (Å²) in [6.07, 6.45) is -2.71. The minimum atomic E-state index is -4.31. The maximum atomic E-state index is 13.4. The standard InChI is InChI=1S/C22H27F3N4O2/c1-15-6-8-16(9-7-15)20-26-19(31-27-20)14-28-10-12-29(13-11-28)21(30)17-4-2-3-5-18(17)22(23,24)25/h6-9,17-18H,2-5,10-14H2,1H3. The van der Waals surface area contributed by atoms with Crippen LogP contribution in [-0.4, -0.2) is 58.2 Å². The van der Waals surface area contributed by atoms with E-state index >= 15 is 0 Å². The number of aromatic nitrogens is 2. The number of halogens is 3. The van der Waals surface area contributed by atoms with E-state index in [9.17, 15) is 18.0 Å². The van der Waals surface area contributed by atoms with Gasteiger partial charge in [0, 0.05) is 37.7 Å². The summed E-state index contributed by atoms with van der Waals surface area (Å²) in [6, 6.07) is 7.84. The molecular formula is C22H27F3N4O2. The normalized spacial score (nSPS) is 23.2. The molecule has 2 fully saturated rings. The number of carbonyl (C=O) groups excluding carboxylic acids is 1. The molecule has 1 aliphatic heterocycles. The van der Waals surface area contributed by atoms with Gasteiger partial charge in [-0.25, -0.2) is 0 Å². The first kappa shape index (κ1) is 21.8. The van der Waals surface area contributed by atoms with Crippen LogP contribution in [0.3, 0.4) is 0 Å². The monoisotopic (exact) mass is 436 g/mol. The largest absolute Gasteiger partial charge is 0.392 e. The van der Waals surface area contributed by atoms with Gasteiger partial charge in [0.1, 0.15) is 0 Å². The van der Waals surface area contributed by atoms with E-state index in [2.05, 4.69) is 15.0 Å². The minimum absolute atomic E-state index is 0.0559. The number of hydrogen-bond acceptors (Lipinski definition) is 5. The minimum Gasteiger partial charge on any atom is -0.340 e. The molecule has 1 saturated carbocycles. The summed E-state index contributed by atoms with van der Waals surface area (Å²) in [5.41, 5.74) is 2.03. The number of amides is 1. The van der Waals surface area contributed by atoms with Crippen molar-refractivity contribution in [2.45, 2.75) is 45.3 Å². The van der Waals surface area contributed by atoms with Crippen LogP contribution in [-0.2, 0) is 11.3 Å². The third-order valence-electron chi connectivity index (χ3n) is 6.32. The first-order chi connectivity index (χ1) is 14.8. The van der Waals surface area contributed by atoms with E-state index in [1.165, 1.54) is 0 Å². The average molecular weight is 436 g/mol. The number of piperazine rings is 1. The van der Waals surface area contributed by atoms with Crippen LogP contribution in [0.4, 0.5) is 13.2 Å². The Morgan fingerprint density at radius 3 is 2.45 bits per heavy atom. The molecule has 2 unspecified atom stereocenters. The molecule has 1 aliphatic carbocycles. The van der Waals surface area contributed by atoms with E-state index < -0.39 is 18.0 Å². The molecule has 0 bridgehead atoms. The topological polar surface area (TPSA) is 62.5 Å². The van der Waals surface area contributed by atoms with Gasteiger partial charge in [-0.3, -0.25) is 9.69 Å². The van der Waals surface area contributed by atoms with Gasteiger partial charge in [-0.05, 0) is 19.8 Å². The van der Waals surface area contributed by atoms with Crippen LogP contribution in [0.1, 0.15) is 37.1 Å². The molecule has 1 saturated heterocycles. The van der Waals surface area contributed by atoms with Crippen LogP contribution in [0.2, 0.25) is 0 Å². The molecule has 2 atom stereocenters. The third kappa shape index (κ3) is 5.08. The zero-order valence-corrected chi connectivity index (χ0v) is 17.6. The summed E-state index contributed by atoms with van der Waals surface area (Å²) < 4.78 is 45.5. The Morgan fingerprint density at radius 2 is 1.77 bits per heavy atom. The lowest BCUT2D eigenvalue weighted by atomic mass is 9.78. The van der Waals surface area contributed by atoms with Gasteiger partial charge in [-0.1, -0.05) is 47.8 Å². The highest BCUT2D eigenvalue weighted by Crippen LogP contribution is 2.42. The zero-order chi connectivity index (χ0) is 22.0. The summed E-state index contributed by atoms with van der Waals surface area (Å²) in [5.74, 6) is -1.78. The van der Waals surface area contributed by atoms with E-state index in [4.69, 9.17) is 4.52 Å². The summed E-state index contributed by atoms with van der Waals surface area (Å²) >= 11 is 0. The van der Waals surface area contributed by atoms with E-state index in [1.807, 2.05) is 31.2 Å². The highest BCUT2D eigenvalue weighted by molar-refractivity contribution is 5.79. The summed E-state index contributed by atoms with van der Waals surface area (Å²) in [6.45, 7) is 4.43. The number of hydrogen-bond donors (Lipinski definition) is 0. The van der Waals surface area contributed by atoms with E-state index in [-0.39, 0.29) is 12.3 Å². The number of carbonyl (C=O) groups is 1. The lowest BCUT2D eigenvalue weighted by molar-refractivity contribution is -0.201.